The van der Waals surface area contributed by atoms with Crippen LogP contribution in [0.5, 0.6) is 0 Å². The lowest BCUT2D eigenvalue weighted by atomic mass is 10.0. The number of amides is 1. The Kier molecular flexibility index (Phi) is 5.63. The van der Waals surface area contributed by atoms with Crippen LogP contribution in [0.2, 0.25) is 0 Å². The van der Waals surface area contributed by atoms with Crippen molar-refractivity contribution < 1.29 is 4.79 Å². The number of carbonyl (C=O) groups is 1. The lowest BCUT2D eigenvalue weighted by Gasteiger charge is -2.31. The van der Waals surface area contributed by atoms with E-state index in [1.165, 1.54) is 5.56 Å². The van der Waals surface area contributed by atoms with E-state index in [0.29, 0.717) is 12.5 Å². The number of benzene rings is 1. The van der Waals surface area contributed by atoms with Gasteiger partial charge in [0.25, 0.3) is 0 Å². The maximum Gasteiger partial charge on any atom is 0.228 e. The molecule has 1 saturated heterocycles. The highest BCUT2D eigenvalue weighted by Crippen LogP contribution is 2.24. The second-order valence-corrected chi connectivity index (χ2v) is 7.17. The zero-order valence-corrected chi connectivity index (χ0v) is 15.2. The van der Waals surface area contributed by atoms with E-state index >= 15 is 0 Å². The molecule has 1 fully saturated rings. The third-order valence-corrected chi connectivity index (χ3v) is 5.69. The number of piperidine rings is 1. The van der Waals surface area contributed by atoms with Crippen LogP contribution in [0.25, 0.3) is 10.6 Å². The predicted molar refractivity (Wildman–Crippen MR) is 99.3 cm³/mol. The van der Waals surface area contributed by atoms with Gasteiger partial charge < -0.3 is 10.2 Å². The number of thiazole rings is 1. The molecule has 2 aromatic rings. The molecule has 1 amide bonds. The van der Waals surface area contributed by atoms with Crippen molar-refractivity contribution in [3.63, 3.8) is 0 Å². The number of rotatable bonds is 5. The van der Waals surface area contributed by atoms with Crippen molar-refractivity contribution in [2.75, 3.05) is 20.1 Å². The number of hydrogen-bond donors (Lipinski definition) is 1. The van der Waals surface area contributed by atoms with Gasteiger partial charge >= 0.3 is 0 Å². The summed E-state index contributed by atoms with van der Waals surface area (Å²) in [6, 6.07) is 9.07. The van der Waals surface area contributed by atoms with Crippen LogP contribution in [0.1, 0.15) is 31.0 Å². The summed E-state index contributed by atoms with van der Waals surface area (Å²) in [6.45, 7) is 3.85. The summed E-state index contributed by atoms with van der Waals surface area (Å²) in [5, 5.41) is 6.30. The average molecular weight is 343 g/mol. The second kappa shape index (κ2) is 7.90. The molecular weight excluding hydrogens is 318 g/mol. The van der Waals surface area contributed by atoms with Crippen molar-refractivity contribution >= 4 is 17.2 Å². The van der Waals surface area contributed by atoms with E-state index in [1.54, 1.807) is 11.3 Å². The van der Waals surface area contributed by atoms with Crippen molar-refractivity contribution in [2.24, 2.45) is 0 Å². The lowest BCUT2D eigenvalue weighted by Crippen LogP contribution is -2.44. The van der Waals surface area contributed by atoms with Gasteiger partial charge in [0.05, 0.1) is 12.1 Å². The van der Waals surface area contributed by atoms with Crippen molar-refractivity contribution in [1.82, 2.24) is 15.2 Å². The van der Waals surface area contributed by atoms with Gasteiger partial charge in [0.15, 0.2) is 0 Å². The van der Waals surface area contributed by atoms with Gasteiger partial charge in [-0.25, -0.2) is 4.98 Å². The molecule has 1 aromatic carbocycles. The van der Waals surface area contributed by atoms with E-state index in [2.05, 4.69) is 41.5 Å². The first kappa shape index (κ1) is 17.1. The Morgan fingerprint density at radius 2 is 2.00 bits per heavy atom. The number of aryl methyl sites for hydroxylation is 1. The average Bonchev–Trinajstić information content (AvgIpc) is 3.10. The second-order valence-electron chi connectivity index (χ2n) is 6.31. The van der Waals surface area contributed by atoms with E-state index in [9.17, 15) is 4.79 Å². The third-order valence-electron chi connectivity index (χ3n) is 4.75. The normalized spacial score (nSPS) is 15.7. The maximum atomic E-state index is 12.5. The maximum absolute atomic E-state index is 12.5. The van der Waals surface area contributed by atoms with E-state index < -0.39 is 0 Å². The topological polar surface area (TPSA) is 45.2 Å². The molecule has 0 saturated carbocycles. The SMILES string of the molecule is CCc1ccc(-c2nc(CC(=O)N3CCC(NC)CC3)cs2)cc1. The molecule has 0 bridgehead atoms. The van der Waals surface area contributed by atoms with Gasteiger partial charge in [0.2, 0.25) is 5.91 Å². The molecule has 1 aliphatic rings. The highest BCUT2D eigenvalue weighted by atomic mass is 32.1. The Balaban J connectivity index is 1.60. The molecule has 0 atom stereocenters. The van der Waals surface area contributed by atoms with Gasteiger partial charge in [-0.05, 0) is 31.9 Å². The Morgan fingerprint density at radius 1 is 1.29 bits per heavy atom. The number of likely N-dealkylation sites (tertiary alicyclic amines) is 1. The fraction of sp³-hybridized carbons (Fsp3) is 0.474. The minimum atomic E-state index is 0.197. The highest BCUT2D eigenvalue weighted by Gasteiger charge is 2.22. The van der Waals surface area contributed by atoms with Crippen molar-refractivity contribution in [3.8, 4) is 10.6 Å². The molecule has 1 aliphatic heterocycles. The monoisotopic (exact) mass is 343 g/mol. The van der Waals surface area contributed by atoms with E-state index in [0.717, 1.165) is 48.6 Å². The van der Waals surface area contributed by atoms with Gasteiger partial charge in [-0.2, -0.15) is 0 Å². The molecule has 2 heterocycles. The van der Waals surface area contributed by atoms with E-state index in [4.69, 9.17) is 0 Å². The first-order chi connectivity index (χ1) is 11.7. The summed E-state index contributed by atoms with van der Waals surface area (Å²) in [5.41, 5.74) is 3.34. The van der Waals surface area contributed by atoms with Crippen LogP contribution in [0, 0.1) is 0 Å². The molecule has 0 unspecified atom stereocenters. The van der Waals surface area contributed by atoms with Crippen molar-refractivity contribution in [2.45, 2.75) is 38.6 Å². The number of hydrogen-bond acceptors (Lipinski definition) is 4. The van der Waals surface area contributed by atoms with Gasteiger partial charge in [-0.3, -0.25) is 4.79 Å². The number of nitrogens with one attached hydrogen (secondary N) is 1. The van der Waals surface area contributed by atoms with Gasteiger partial charge in [-0.1, -0.05) is 31.2 Å². The summed E-state index contributed by atoms with van der Waals surface area (Å²) in [7, 11) is 1.99. The minimum Gasteiger partial charge on any atom is -0.342 e. The Bertz CT molecular complexity index is 672. The zero-order valence-electron chi connectivity index (χ0n) is 14.4. The lowest BCUT2D eigenvalue weighted by molar-refractivity contribution is -0.131. The molecule has 3 rings (SSSR count). The van der Waals surface area contributed by atoms with Crippen LogP contribution in [-0.2, 0) is 17.6 Å². The predicted octanol–water partition coefficient (Wildman–Crippen LogP) is 3.13. The Morgan fingerprint density at radius 3 is 2.62 bits per heavy atom. The van der Waals surface area contributed by atoms with Crippen LogP contribution in [0.15, 0.2) is 29.6 Å². The molecule has 0 spiro atoms. The van der Waals surface area contributed by atoms with E-state index in [-0.39, 0.29) is 5.91 Å². The molecule has 1 aromatic heterocycles. The third kappa shape index (κ3) is 4.02. The number of nitrogens with zero attached hydrogens (tertiary/aromatic N) is 2. The van der Waals surface area contributed by atoms with Gasteiger partial charge in [0.1, 0.15) is 5.01 Å². The summed E-state index contributed by atoms with van der Waals surface area (Å²) in [4.78, 5) is 19.1. The van der Waals surface area contributed by atoms with Crippen molar-refractivity contribution in [1.29, 1.82) is 0 Å². The number of aromatic nitrogens is 1. The Hall–Kier alpha value is -1.72. The summed E-state index contributed by atoms with van der Waals surface area (Å²) < 4.78 is 0. The standard InChI is InChI=1S/C19H25N3OS/c1-3-14-4-6-15(7-5-14)19-21-17(13-24-19)12-18(23)22-10-8-16(20-2)9-11-22/h4-7,13,16,20H,3,8-12H2,1-2H3. The molecule has 0 radical (unpaired) electrons. The first-order valence-corrected chi connectivity index (χ1v) is 9.56. The molecule has 4 nitrogen and oxygen atoms in total. The van der Waals surface area contributed by atoms with Gasteiger partial charge in [0, 0.05) is 30.1 Å². The quantitative estimate of drug-likeness (QED) is 0.907. The minimum absolute atomic E-state index is 0.197. The fourth-order valence-corrected chi connectivity index (χ4v) is 3.91. The number of carbonyl (C=O) groups excluding carboxylic acids is 1. The van der Waals surface area contributed by atoms with Gasteiger partial charge in [-0.15, -0.1) is 11.3 Å². The largest absolute Gasteiger partial charge is 0.342 e. The van der Waals surface area contributed by atoms with Crippen molar-refractivity contribution in [3.05, 3.63) is 40.9 Å². The molecule has 128 valence electrons. The van der Waals surface area contributed by atoms with Crippen LogP contribution in [-0.4, -0.2) is 42.0 Å². The van der Waals surface area contributed by atoms with Crippen LogP contribution < -0.4 is 5.32 Å². The highest BCUT2D eigenvalue weighted by molar-refractivity contribution is 7.13. The molecule has 0 aliphatic carbocycles. The Labute approximate surface area is 147 Å². The van der Waals surface area contributed by atoms with Crippen LogP contribution >= 0.6 is 11.3 Å². The zero-order chi connectivity index (χ0) is 16.9. The van der Waals surface area contributed by atoms with E-state index in [1.807, 2.05) is 17.3 Å². The van der Waals surface area contributed by atoms with Crippen LogP contribution in [0.3, 0.4) is 0 Å². The molecule has 5 heteroatoms. The molecular formula is C19H25N3OS. The first-order valence-electron chi connectivity index (χ1n) is 8.68. The fourth-order valence-electron chi connectivity index (χ4n) is 3.09. The molecule has 24 heavy (non-hydrogen) atoms. The summed E-state index contributed by atoms with van der Waals surface area (Å²) in [6.07, 6.45) is 3.53. The summed E-state index contributed by atoms with van der Waals surface area (Å²) >= 11 is 1.62. The summed E-state index contributed by atoms with van der Waals surface area (Å²) in [5.74, 6) is 0.197. The smallest absolute Gasteiger partial charge is 0.228 e. The van der Waals surface area contributed by atoms with Crippen LogP contribution in [0.4, 0.5) is 0 Å². The molecule has 1 N–H and O–H groups in total.